The van der Waals surface area contributed by atoms with Crippen molar-refractivity contribution in [2.75, 3.05) is 26.0 Å². The molecule has 0 aromatic heterocycles. The molecule has 0 aliphatic carbocycles. The molecule has 38 heavy (non-hydrogen) atoms. The van der Waals surface area contributed by atoms with Crippen molar-refractivity contribution < 1.29 is 31.5 Å². The first-order chi connectivity index (χ1) is 17.7. The average molecular weight is 567 g/mol. The number of carbonyl (C=O) groups excluding carboxylic acids is 1. The second-order valence-corrected chi connectivity index (χ2v) is 14.7. The van der Waals surface area contributed by atoms with Crippen LogP contribution in [0.2, 0.25) is 0 Å². The molecule has 0 bridgehead atoms. The van der Waals surface area contributed by atoms with Crippen LogP contribution in [0, 0.1) is 5.92 Å². The summed E-state index contributed by atoms with van der Waals surface area (Å²) in [6.45, 7) is 5.70. The van der Waals surface area contributed by atoms with Gasteiger partial charge in [0.15, 0.2) is 9.84 Å². The van der Waals surface area contributed by atoms with E-state index in [1.165, 1.54) is 13.0 Å². The lowest BCUT2D eigenvalue weighted by Gasteiger charge is -2.40. The third-order valence-electron chi connectivity index (χ3n) is 6.63. The topological polar surface area (TPSA) is 130 Å². The summed E-state index contributed by atoms with van der Waals surface area (Å²) in [5.41, 5.74) is -0.330. The molecule has 1 heterocycles. The minimum Gasteiger partial charge on any atom is -0.493 e. The van der Waals surface area contributed by atoms with E-state index in [2.05, 4.69) is 5.32 Å². The molecule has 1 aliphatic heterocycles. The molecule has 1 aliphatic rings. The number of hydrogen-bond acceptors (Lipinski definition) is 7. The number of sulfonamides is 1. The Hall–Kier alpha value is -2.47. The molecule has 2 unspecified atom stereocenters. The number of hydrogen-bond donors (Lipinski definition) is 2. The van der Waals surface area contributed by atoms with Gasteiger partial charge in [-0.05, 0) is 42.2 Å². The first kappa shape index (κ1) is 30.1. The van der Waals surface area contributed by atoms with E-state index in [1.807, 2.05) is 44.2 Å². The second kappa shape index (κ2) is 12.1. The van der Waals surface area contributed by atoms with Crippen molar-refractivity contribution in [3.05, 3.63) is 59.7 Å². The smallest absolute Gasteiger partial charge is 0.245 e. The third kappa shape index (κ3) is 7.56. The molecule has 2 N–H and O–H groups in total. The largest absolute Gasteiger partial charge is 0.493 e. The third-order valence-corrected chi connectivity index (χ3v) is 10.2. The van der Waals surface area contributed by atoms with Gasteiger partial charge in [0.05, 0.1) is 16.8 Å². The monoisotopic (exact) mass is 566 g/mol. The summed E-state index contributed by atoms with van der Waals surface area (Å²) in [5.74, 6) is 0.0712. The van der Waals surface area contributed by atoms with Crippen LogP contribution in [-0.2, 0) is 37.5 Å². The second-order valence-electron chi connectivity index (χ2n) is 10.4. The van der Waals surface area contributed by atoms with E-state index in [0.717, 1.165) is 21.7 Å². The maximum absolute atomic E-state index is 14.0. The summed E-state index contributed by atoms with van der Waals surface area (Å²) >= 11 is 0. The van der Waals surface area contributed by atoms with Gasteiger partial charge in [-0.3, -0.25) is 4.79 Å². The number of sulfone groups is 1. The molecule has 2 atom stereocenters. The van der Waals surface area contributed by atoms with E-state index < -0.39 is 36.7 Å². The van der Waals surface area contributed by atoms with Gasteiger partial charge in [-0.1, -0.05) is 44.2 Å². The fraction of sp³-hybridized carbons (Fsp3) is 0.519. The fourth-order valence-electron chi connectivity index (χ4n) is 4.38. The van der Waals surface area contributed by atoms with Gasteiger partial charge < -0.3 is 15.2 Å². The average Bonchev–Trinajstić information content (AvgIpc) is 3.30. The Bertz CT molecular complexity index is 1330. The van der Waals surface area contributed by atoms with Gasteiger partial charge in [0.1, 0.15) is 11.5 Å². The number of carbonyl (C=O) groups is 1. The molecule has 3 rings (SSSR count). The number of aliphatic hydroxyl groups is 1. The van der Waals surface area contributed by atoms with Gasteiger partial charge in [0.2, 0.25) is 15.9 Å². The highest BCUT2D eigenvalue weighted by Crippen LogP contribution is 2.33. The molecular weight excluding hydrogens is 528 g/mol. The Balaban J connectivity index is 1.92. The lowest BCUT2D eigenvalue weighted by Crippen LogP contribution is -2.55. The zero-order chi connectivity index (χ0) is 28.1. The lowest BCUT2D eigenvalue weighted by atomic mass is 9.98. The van der Waals surface area contributed by atoms with Crippen molar-refractivity contribution in [3.8, 4) is 5.75 Å². The van der Waals surface area contributed by atoms with Crippen LogP contribution in [0.5, 0.6) is 5.75 Å². The van der Waals surface area contributed by atoms with Gasteiger partial charge in [-0.25, -0.2) is 16.8 Å². The normalized spacial score (nSPS) is 16.1. The number of ether oxygens (including phenoxy) is 1. The SMILES string of the molecule is CC(C)CN(C(O)(CCNC(=O)CC(C)S(C)(=O)=O)Cc1ccccc1)S(=O)(=O)c1ccc2c(c1)CCO2. The van der Waals surface area contributed by atoms with Crippen LogP contribution < -0.4 is 10.1 Å². The fourth-order valence-corrected chi connectivity index (χ4v) is 6.72. The van der Waals surface area contributed by atoms with Crippen molar-refractivity contribution in [2.24, 2.45) is 5.92 Å². The first-order valence-corrected chi connectivity index (χ1v) is 16.1. The lowest BCUT2D eigenvalue weighted by molar-refractivity contribution is -0.121. The minimum atomic E-state index is -4.15. The zero-order valence-electron chi connectivity index (χ0n) is 22.4. The highest BCUT2D eigenvalue weighted by molar-refractivity contribution is 7.91. The van der Waals surface area contributed by atoms with Crippen LogP contribution >= 0.6 is 0 Å². The summed E-state index contributed by atoms with van der Waals surface area (Å²) in [4.78, 5) is 12.5. The van der Waals surface area contributed by atoms with Crippen molar-refractivity contribution in [3.63, 3.8) is 0 Å². The first-order valence-electron chi connectivity index (χ1n) is 12.7. The maximum Gasteiger partial charge on any atom is 0.245 e. The Morgan fingerprint density at radius 2 is 1.79 bits per heavy atom. The molecule has 1 amide bonds. The van der Waals surface area contributed by atoms with Gasteiger partial charge >= 0.3 is 0 Å². The van der Waals surface area contributed by atoms with Crippen LogP contribution in [-0.4, -0.2) is 69.1 Å². The summed E-state index contributed by atoms with van der Waals surface area (Å²) in [7, 11) is -7.53. The molecule has 2 aromatic rings. The maximum atomic E-state index is 14.0. The summed E-state index contributed by atoms with van der Waals surface area (Å²) in [6.07, 6.45) is 1.36. The van der Waals surface area contributed by atoms with Crippen molar-refractivity contribution in [1.82, 2.24) is 9.62 Å². The molecule has 0 radical (unpaired) electrons. The highest BCUT2D eigenvalue weighted by atomic mass is 32.2. The van der Waals surface area contributed by atoms with Crippen molar-refractivity contribution in [1.29, 1.82) is 0 Å². The molecule has 11 heteroatoms. The molecule has 0 spiro atoms. The quantitative estimate of drug-likeness (QED) is 0.356. The minimum absolute atomic E-state index is 0.00343. The Morgan fingerprint density at radius 3 is 2.42 bits per heavy atom. The van der Waals surface area contributed by atoms with Gasteiger partial charge in [0.25, 0.3) is 0 Å². The van der Waals surface area contributed by atoms with E-state index in [4.69, 9.17) is 4.74 Å². The predicted octanol–water partition coefficient (Wildman–Crippen LogP) is 2.53. The summed E-state index contributed by atoms with van der Waals surface area (Å²) < 4.78 is 58.1. The molecule has 0 fully saturated rings. The molecule has 2 aromatic carbocycles. The molecule has 9 nitrogen and oxygen atoms in total. The number of nitrogens with zero attached hydrogens (tertiary/aromatic N) is 1. The van der Waals surface area contributed by atoms with Gasteiger partial charge in [-0.15, -0.1) is 0 Å². The van der Waals surface area contributed by atoms with E-state index in [1.54, 1.807) is 12.1 Å². The van der Waals surface area contributed by atoms with E-state index in [9.17, 15) is 26.7 Å². The standard InChI is InChI=1S/C27H38N2O7S2/c1-20(2)19-29(38(34,35)24-10-11-25-23(17-24)12-15-36-25)27(31,18-22-8-6-5-7-9-22)13-14-28-26(30)16-21(3)37(4,32)33/h5-11,17,20-21,31H,12-16,18-19H2,1-4H3,(H,28,30). The Morgan fingerprint density at radius 1 is 1.11 bits per heavy atom. The van der Waals surface area contributed by atoms with Gasteiger partial charge in [0, 0.05) is 45.0 Å². The van der Waals surface area contributed by atoms with Crippen LogP contribution in [0.25, 0.3) is 0 Å². The molecule has 0 saturated carbocycles. The number of nitrogens with one attached hydrogen (secondary N) is 1. The van der Waals surface area contributed by atoms with Crippen LogP contribution in [0.15, 0.2) is 53.4 Å². The van der Waals surface area contributed by atoms with Crippen LogP contribution in [0.3, 0.4) is 0 Å². The van der Waals surface area contributed by atoms with Gasteiger partial charge in [-0.2, -0.15) is 4.31 Å². The van der Waals surface area contributed by atoms with Crippen molar-refractivity contribution >= 4 is 25.8 Å². The molecular formula is C27H38N2O7S2. The number of amides is 1. The van der Waals surface area contributed by atoms with Crippen molar-refractivity contribution in [2.45, 2.75) is 62.3 Å². The zero-order valence-corrected chi connectivity index (χ0v) is 24.0. The van der Waals surface area contributed by atoms with E-state index in [0.29, 0.717) is 18.8 Å². The van der Waals surface area contributed by atoms with Crippen LogP contribution in [0.1, 0.15) is 44.7 Å². The molecule has 210 valence electrons. The number of benzene rings is 2. The summed E-state index contributed by atoms with van der Waals surface area (Å²) in [5, 5.41) is 13.9. The summed E-state index contributed by atoms with van der Waals surface area (Å²) in [6, 6.07) is 13.8. The van der Waals surface area contributed by atoms with E-state index >= 15 is 0 Å². The molecule has 0 saturated heterocycles. The highest BCUT2D eigenvalue weighted by Gasteiger charge is 2.43. The number of fused-ring (bicyclic) bond motifs is 1. The predicted molar refractivity (Wildman–Crippen MR) is 146 cm³/mol. The Kier molecular flexibility index (Phi) is 9.62. The number of rotatable bonds is 13. The van der Waals surface area contributed by atoms with Crippen LogP contribution in [0.4, 0.5) is 0 Å². The van der Waals surface area contributed by atoms with E-state index in [-0.39, 0.29) is 43.2 Å². The Labute approximate surface area is 226 Å².